The SMILES string of the molecule is CN1C(=N)C(O)=C(O)C1c1ccccc1. The first-order chi connectivity index (χ1) is 7.13. The number of nitrogens with one attached hydrogen (secondary N) is 1. The molecule has 3 N–H and O–H groups in total. The van der Waals surface area contributed by atoms with Gasteiger partial charge >= 0.3 is 0 Å². The quantitative estimate of drug-likeness (QED) is 0.655. The molecule has 0 bridgehead atoms. The maximum atomic E-state index is 9.70. The molecule has 4 nitrogen and oxygen atoms in total. The molecule has 1 unspecified atom stereocenters. The Labute approximate surface area is 87.6 Å². The average Bonchev–Trinajstić information content (AvgIpc) is 2.45. The van der Waals surface area contributed by atoms with E-state index in [0.717, 1.165) is 5.56 Å². The van der Waals surface area contributed by atoms with Gasteiger partial charge in [0.2, 0.25) is 0 Å². The Bertz CT molecular complexity index is 425. The molecule has 1 atom stereocenters. The van der Waals surface area contributed by atoms with E-state index in [9.17, 15) is 10.2 Å². The van der Waals surface area contributed by atoms with Crippen molar-refractivity contribution in [1.82, 2.24) is 4.90 Å². The Morgan fingerprint density at radius 2 is 1.80 bits per heavy atom. The summed E-state index contributed by atoms with van der Waals surface area (Å²) in [6, 6.07) is 8.85. The first kappa shape index (κ1) is 9.58. The van der Waals surface area contributed by atoms with Crippen LogP contribution in [0.3, 0.4) is 0 Å². The summed E-state index contributed by atoms with van der Waals surface area (Å²) < 4.78 is 0. The third-order valence-electron chi connectivity index (χ3n) is 2.58. The van der Waals surface area contributed by atoms with Crippen LogP contribution in [0.5, 0.6) is 0 Å². The summed E-state index contributed by atoms with van der Waals surface area (Å²) in [7, 11) is 1.67. The summed E-state index contributed by atoms with van der Waals surface area (Å²) in [5.41, 5.74) is 0.853. The van der Waals surface area contributed by atoms with E-state index in [-0.39, 0.29) is 17.4 Å². The van der Waals surface area contributed by atoms with Gasteiger partial charge in [-0.25, -0.2) is 0 Å². The second-order valence-electron chi connectivity index (χ2n) is 3.51. The highest BCUT2D eigenvalue weighted by Gasteiger charge is 2.35. The van der Waals surface area contributed by atoms with Crippen molar-refractivity contribution in [3.8, 4) is 0 Å². The van der Waals surface area contributed by atoms with Gasteiger partial charge in [0.15, 0.2) is 17.4 Å². The summed E-state index contributed by atoms with van der Waals surface area (Å²) in [6.45, 7) is 0. The number of nitrogens with zero attached hydrogens (tertiary/aromatic N) is 1. The molecule has 2 rings (SSSR count). The maximum absolute atomic E-state index is 9.70. The summed E-state index contributed by atoms with van der Waals surface area (Å²) in [6.07, 6.45) is 0. The molecule has 1 aliphatic rings. The molecule has 4 heteroatoms. The van der Waals surface area contributed by atoms with Crippen LogP contribution in [-0.2, 0) is 0 Å². The van der Waals surface area contributed by atoms with E-state index in [0.29, 0.717) is 0 Å². The molecular formula is C11H12N2O2. The zero-order valence-corrected chi connectivity index (χ0v) is 8.31. The molecule has 0 fully saturated rings. The molecule has 0 saturated heterocycles. The molecule has 0 spiro atoms. The summed E-state index contributed by atoms with van der Waals surface area (Å²) in [5.74, 6) is -0.554. The lowest BCUT2D eigenvalue weighted by atomic mass is 10.1. The topological polar surface area (TPSA) is 67.6 Å². The summed E-state index contributed by atoms with van der Waals surface area (Å²) in [4.78, 5) is 1.53. The van der Waals surface area contributed by atoms with E-state index in [4.69, 9.17) is 5.41 Å². The highest BCUT2D eigenvalue weighted by atomic mass is 16.3. The second-order valence-corrected chi connectivity index (χ2v) is 3.51. The van der Waals surface area contributed by atoms with Gasteiger partial charge < -0.3 is 15.1 Å². The number of aliphatic hydroxyl groups excluding tert-OH is 2. The molecule has 0 saturated carbocycles. The van der Waals surface area contributed by atoms with Crippen LogP contribution in [0.25, 0.3) is 0 Å². The Hall–Kier alpha value is -1.97. The summed E-state index contributed by atoms with van der Waals surface area (Å²) in [5, 5.41) is 26.7. The van der Waals surface area contributed by atoms with Crippen LogP contribution < -0.4 is 0 Å². The minimum absolute atomic E-state index is 0.0543. The predicted octanol–water partition coefficient (Wildman–Crippen LogP) is 1.98. The van der Waals surface area contributed by atoms with Crippen molar-refractivity contribution in [2.45, 2.75) is 6.04 Å². The van der Waals surface area contributed by atoms with Crippen molar-refractivity contribution >= 4 is 5.84 Å². The fourth-order valence-corrected chi connectivity index (χ4v) is 1.75. The monoisotopic (exact) mass is 204 g/mol. The molecule has 15 heavy (non-hydrogen) atoms. The lowest BCUT2D eigenvalue weighted by Gasteiger charge is -2.21. The number of amidine groups is 1. The first-order valence-electron chi connectivity index (χ1n) is 4.61. The van der Waals surface area contributed by atoms with Crippen LogP contribution in [0, 0.1) is 5.41 Å². The van der Waals surface area contributed by atoms with Gasteiger partial charge in [0.1, 0.15) is 6.04 Å². The van der Waals surface area contributed by atoms with Gasteiger partial charge in [0, 0.05) is 7.05 Å². The molecule has 1 aromatic rings. The minimum Gasteiger partial charge on any atom is -0.506 e. The minimum atomic E-state index is -0.446. The lowest BCUT2D eigenvalue weighted by molar-refractivity contribution is 0.288. The molecule has 1 heterocycles. The first-order valence-corrected chi connectivity index (χ1v) is 4.61. The number of likely N-dealkylation sites (N-methyl/N-ethyl adjacent to an activating group) is 1. The van der Waals surface area contributed by atoms with Crippen LogP contribution in [0.1, 0.15) is 11.6 Å². The number of aliphatic hydroxyl groups is 2. The van der Waals surface area contributed by atoms with Crippen LogP contribution >= 0.6 is 0 Å². The Balaban J connectivity index is 2.44. The molecule has 78 valence electrons. The second kappa shape index (κ2) is 3.31. The number of hydrogen-bond donors (Lipinski definition) is 3. The fraction of sp³-hybridized carbons (Fsp3) is 0.182. The highest BCUT2D eigenvalue weighted by molar-refractivity contribution is 5.97. The van der Waals surface area contributed by atoms with Crippen molar-refractivity contribution in [3.05, 3.63) is 47.4 Å². The van der Waals surface area contributed by atoms with E-state index < -0.39 is 6.04 Å². The van der Waals surface area contributed by atoms with Crippen LogP contribution in [0.4, 0.5) is 0 Å². The normalized spacial score (nSPS) is 21.3. The molecule has 1 aliphatic heterocycles. The zero-order chi connectivity index (χ0) is 11.0. The van der Waals surface area contributed by atoms with E-state index in [2.05, 4.69) is 0 Å². The van der Waals surface area contributed by atoms with Gasteiger partial charge in [-0.05, 0) is 5.56 Å². The average molecular weight is 204 g/mol. The van der Waals surface area contributed by atoms with E-state index in [1.54, 1.807) is 7.05 Å². The molecule has 0 radical (unpaired) electrons. The molecule has 0 amide bonds. The number of hydrogen-bond acceptors (Lipinski definition) is 3. The fourth-order valence-electron chi connectivity index (χ4n) is 1.75. The number of benzene rings is 1. The van der Waals surface area contributed by atoms with Crippen molar-refractivity contribution in [2.75, 3.05) is 7.05 Å². The molecular weight excluding hydrogens is 192 g/mol. The molecule has 1 aromatic carbocycles. The molecule has 0 aromatic heterocycles. The van der Waals surface area contributed by atoms with E-state index in [1.807, 2.05) is 30.3 Å². The Kier molecular flexibility index (Phi) is 2.11. The van der Waals surface area contributed by atoms with Gasteiger partial charge in [-0.3, -0.25) is 5.41 Å². The van der Waals surface area contributed by atoms with Crippen molar-refractivity contribution in [3.63, 3.8) is 0 Å². The molecule has 0 aliphatic carbocycles. The number of rotatable bonds is 1. The zero-order valence-electron chi connectivity index (χ0n) is 8.31. The van der Waals surface area contributed by atoms with Crippen LogP contribution in [0.2, 0.25) is 0 Å². The largest absolute Gasteiger partial charge is 0.506 e. The standard InChI is InChI=1S/C11H12N2O2/c1-13-8(7-5-3-2-4-6-7)9(14)10(15)11(13)12/h2-6,8,12,14-15H,1H3. The Morgan fingerprint density at radius 1 is 1.20 bits per heavy atom. The maximum Gasteiger partial charge on any atom is 0.198 e. The highest BCUT2D eigenvalue weighted by Crippen LogP contribution is 2.33. The van der Waals surface area contributed by atoms with Gasteiger partial charge in [-0.1, -0.05) is 30.3 Å². The Morgan fingerprint density at radius 3 is 2.27 bits per heavy atom. The predicted molar refractivity (Wildman–Crippen MR) is 57.0 cm³/mol. The van der Waals surface area contributed by atoms with Crippen LogP contribution in [0.15, 0.2) is 41.9 Å². The van der Waals surface area contributed by atoms with Crippen molar-refractivity contribution < 1.29 is 10.2 Å². The van der Waals surface area contributed by atoms with E-state index in [1.165, 1.54) is 4.90 Å². The smallest absolute Gasteiger partial charge is 0.198 e. The lowest BCUT2D eigenvalue weighted by Crippen LogP contribution is -2.25. The van der Waals surface area contributed by atoms with Gasteiger partial charge in [-0.15, -0.1) is 0 Å². The van der Waals surface area contributed by atoms with Crippen molar-refractivity contribution in [2.24, 2.45) is 0 Å². The van der Waals surface area contributed by atoms with Crippen LogP contribution in [-0.4, -0.2) is 28.0 Å². The van der Waals surface area contributed by atoms with Gasteiger partial charge in [0.25, 0.3) is 0 Å². The summed E-state index contributed by atoms with van der Waals surface area (Å²) >= 11 is 0. The van der Waals surface area contributed by atoms with Gasteiger partial charge in [-0.2, -0.15) is 0 Å². The van der Waals surface area contributed by atoms with E-state index >= 15 is 0 Å². The van der Waals surface area contributed by atoms with Gasteiger partial charge in [0.05, 0.1) is 0 Å². The van der Waals surface area contributed by atoms with Crippen molar-refractivity contribution in [1.29, 1.82) is 5.41 Å². The third kappa shape index (κ3) is 1.34. The third-order valence-corrected chi connectivity index (χ3v) is 2.58.